The van der Waals surface area contributed by atoms with E-state index in [1.807, 2.05) is 37.3 Å². The molecule has 2 amide bonds. The van der Waals surface area contributed by atoms with E-state index < -0.39 is 5.91 Å². The van der Waals surface area contributed by atoms with Gasteiger partial charge in [-0.1, -0.05) is 36.2 Å². The lowest BCUT2D eigenvalue weighted by Crippen LogP contribution is -2.31. The van der Waals surface area contributed by atoms with Crippen molar-refractivity contribution in [3.05, 3.63) is 89.5 Å². The predicted octanol–water partition coefficient (Wildman–Crippen LogP) is 5.43. The van der Waals surface area contributed by atoms with Gasteiger partial charge in [0, 0.05) is 23.7 Å². The highest BCUT2D eigenvalue weighted by Gasteiger charge is 2.27. The van der Waals surface area contributed by atoms with Gasteiger partial charge in [0.25, 0.3) is 5.91 Å². The maximum absolute atomic E-state index is 13.1. The van der Waals surface area contributed by atoms with E-state index in [1.54, 1.807) is 24.3 Å². The molecule has 0 radical (unpaired) electrons. The summed E-state index contributed by atoms with van der Waals surface area (Å²) in [6, 6.07) is 17.4. The van der Waals surface area contributed by atoms with E-state index in [4.69, 9.17) is 4.42 Å². The van der Waals surface area contributed by atoms with Gasteiger partial charge in [-0.3, -0.25) is 4.79 Å². The van der Waals surface area contributed by atoms with Crippen LogP contribution in [0.3, 0.4) is 0 Å². The molecule has 2 heterocycles. The number of benzene rings is 2. The van der Waals surface area contributed by atoms with Crippen LogP contribution in [0.5, 0.6) is 5.75 Å². The fourth-order valence-corrected chi connectivity index (χ4v) is 4.06. The summed E-state index contributed by atoms with van der Waals surface area (Å²) >= 11 is 0. The third-order valence-corrected chi connectivity index (χ3v) is 6.29. The van der Waals surface area contributed by atoms with Crippen LogP contribution in [0, 0.1) is 6.92 Å². The molecule has 4 aromatic rings. The topological polar surface area (TPSA) is 109 Å². The SMILES string of the molecule is Cc1ccc(CNC(=O)n2nc(-c3cc(NC(=O)c4ccco4)ccc3O)cc2C2CCC2)cc1. The van der Waals surface area contributed by atoms with Crippen molar-refractivity contribution in [1.82, 2.24) is 15.1 Å². The lowest BCUT2D eigenvalue weighted by atomic mass is 9.82. The number of phenols is 1. The Balaban J connectivity index is 1.40. The third kappa shape index (κ3) is 4.82. The highest BCUT2D eigenvalue weighted by Crippen LogP contribution is 2.39. The van der Waals surface area contributed by atoms with Crippen LogP contribution < -0.4 is 10.6 Å². The number of aromatic hydroxyl groups is 1. The molecule has 8 heteroatoms. The summed E-state index contributed by atoms with van der Waals surface area (Å²) in [5.41, 5.74) is 4.34. The van der Waals surface area contributed by atoms with Gasteiger partial charge in [-0.2, -0.15) is 9.78 Å². The molecule has 0 atom stereocenters. The van der Waals surface area contributed by atoms with Crippen molar-refractivity contribution >= 4 is 17.6 Å². The molecule has 1 aliphatic carbocycles. The molecular weight excluding hydrogens is 444 g/mol. The van der Waals surface area contributed by atoms with E-state index in [-0.39, 0.29) is 23.5 Å². The van der Waals surface area contributed by atoms with E-state index in [2.05, 4.69) is 15.7 Å². The molecule has 0 aliphatic heterocycles. The third-order valence-electron chi connectivity index (χ3n) is 6.29. The Morgan fingerprint density at radius 3 is 2.60 bits per heavy atom. The Morgan fingerprint density at radius 2 is 1.91 bits per heavy atom. The van der Waals surface area contributed by atoms with Gasteiger partial charge >= 0.3 is 6.03 Å². The van der Waals surface area contributed by atoms with Gasteiger partial charge in [-0.25, -0.2) is 4.79 Å². The number of phenolic OH excluding ortho intramolecular Hbond substituents is 1. The van der Waals surface area contributed by atoms with Crippen LogP contribution in [0.1, 0.15) is 52.6 Å². The van der Waals surface area contributed by atoms with Crippen LogP contribution in [-0.4, -0.2) is 26.8 Å². The molecule has 178 valence electrons. The first-order valence-corrected chi connectivity index (χ1v) is 11.6. The van der Waals surface area contributed by atoms with Crippen LogP contribution in [0.4, 0.5) is 10.5 Å². The standard InChI is InChI=1S/C27H26N4O4/c1-17-7-9-18(10-8-17)16-28-27(34)31-23(19-4-2-5-19)15-22(30-31)21-14-20(11-12-24(21)32)29-26(33)25-6-3-13-35-25/h3,6-15,19,32H,2,4-5,16H2,1H3,(H,28,34)(H,29,33). The minimum absolute atomic E-state index is 0.00544. The Bertz CT molecular complexity index is 1350. The average Bonchev–Trinajstić information content (AvgIpc) is 3.50. The fourth-order valence-electron chi connectivity index (χ4n) is 4.06. The summed E-state index contributed by atoms with van der Waals surface area (Å²) in [5, 5.41) is 20.8. The van der Waals surface area contributed by atoms with Crippen molar-refractivity contribution < 1.29 is 19.1 Å². The number of nitrogens with zero attached hydrogens (tertiary/aromatic N) is 2. The molecule has 5 rings (SSSR count). The number of hydrogen-bond acceptors (Lipinski definition) is 5. The summed E-state index contributed by atoms with van der Waals surface area (Å²) in [7, 11) is 0. The first-order valence-electron chi connectivity index (χ1n) is 11.6. The number of furan rings is 1. The maximum atomic E-state index is 13.1. The molecule has 1 aliphatic rings. The zero-order valence-corrected chi connectivity index (χ0v) is 19.3. The summed E-state index contributed by atoms with van der Waals surface area (Å²) in [4.78, 5) is 25.4. The molecule has 1 fully saturated rings. The number of anilines is 1. The van der Waals surface area contributed by atoms with Gasteiger partial charge in [0.2, 0.25) is 0 Å². The summed E-state index contributed by atoms with van der Waals surface area (Å²) in [6.45, 7) is 2.41. The summed E-state index contributed by atoms with van der Waals surface area (Å²) in [5.74, 6) is 0.0282. The molecule has 0 unspecified atom stereocenters. The molecule has 35 heavy (non-hydrogen) atoms. The smallest absolute Gasteiger partial charge is 0.342 e. The van der Waals surface area contributed by atoms with Crippen molar-refractivity contribution in [2.75, 3.05) is 5.32 Å². The first-order chi connectivity index (χ1) is 17.0. The highest BCUT2D eigenvalue weighted by molar-refractivity contribution is 6.02. The van der Waals surface area contributed by atoms with Gasteiger partial charge in [0.05, 0.1) is 17.7 Å². The maximum Gasteiger partial charge on any atom is 0.342 e. The molecule has 8 nitrogen and oxygen atoms in total. The van der Waals surface area contributed by atoms with E-state index in [1.165, 1.54) is 17.0 Å². The average molecular weight is 471 g/mol. The normalized spacial score (nSPS) is 13.3. The van der Waals surface area contributed by atoms with Crippen molar-refractivity contribution in [2.24, 2.45) is 0 Å². The lowest BCUT2D eigenvalue weighted by Gasteiger charge is -2.25. The quantitative estimate of drug-likeness (QED) is 0.325. The van der Waals surface area contributed by atoms with Crippen molar-refractivity contribution in [3.8, 4) is 17.0 Å². The summed E-state index contributed by atoms with van der Waals surface area (Å²) < 4.78 is 6.54. The fraction of sp³-hybridized carbons (Fsp3) is 0.222. The predicted molar refractivity (Wildman–Crippen MR) is 131 cm³/mol. The van der Waals surface area contributed by atoms with Crippen LogP contribution in [-0.2, 0) is 6.54 Å². The van der Waals surface area contributed by atoms with Gasteiger partial charge in [0.15, 0.2) is 5.76 Å². The number of aryl methyl sites for hydroxylation is 1. The molecule has 2 aromatic carbocycles. The Kier molecular flexibility index (Phi) is 6.10. The van der Waals surface area contributed by atoms with Crippen LogP contribution in [0.15, 0.2) is 71.3 Å². The number of carbonyl (C=O) groups excluding carboxylic acids is 2. The number of carbonyl (C=O) groups is 2. The van der Waals surface area contributed by atoms with Crippen molar-refractivity contribution in [1.29, 1.82) is 0 Å². The van der Waals surface area contributed by atoms with E-state index in [0.717, 1.165) is 36.1 Å². The van der Waals surface area contributed by atoms with Gasteiger partial charge in [-0.15, -0.1) is 0 Å². The van der Waals surface area contributed by atoms with Crippen molar-refractivity contribution in [2.45, 2.75) is 38.6 Å². The number of rotatable bonds is 6. The molecule has 2 aromatic heterocycles. The molecule has 0 saturated heterocycles. The van der Waals surface area contributed by atoms with E-state index >= 15 is 0 Å². The Hall–Kier alpha value is -4.33. The Morgan fingerprint density at radius 1 is 1.11 bits per heavy atom. The lowest BCUT2D eigenvalue weighted by molar-refractivity contribution is 0.0996. The minimum atomic E-state index is -0.400. The van der Waals surface area contributed by atoms with Gasteiger partial charge in [-0.05, 0) is 61.7 Å². The number of aromatic nitrogens is 2. The highest BCUT2D eigenvalue weighted by atomic mass is 16.3. The largest absolute Gasteiger partial charge is 0.507 e. The van der Waals surface area contributed by atoms with Crippen LogP contribution in [0.2, 0.25) is 0 Å². The van der Waals surface area contributed by atoms with Gasteiger partial charge in [0.1, 0.15) is 5.75 Å². The monoisotopic (exact) mass is 470 g/mol. The van der Waals surface area contributed by atoms with E-state index in [0.29, 0.717) is 23.5 Å². The van der Waals surface area contributed by atoms with Crippen LogP contribution >= 0.6 is 0 Å². The second-order valence-corrected chi connectivity index (χ2v) is 8.80. The zero-order valence-electron chi connectivity index (χ0n) is 19.3. The first kappa shape index (κ1) is 22.5. The Labute approximate surface area is 202 Å². The second kappa shape index (κ2) is 9.50. The molecule has 0 spiro atoms. The summed E-state index contributed by atoms with van der Waals surface area (Å²) in [6.07, 6.45) is 4.51. The second-order valence-electron chi connectivity index (χ2n) is 8.80. The zero-order chi connectivity index (χ0) is 24.4. The van der Waals surface area contributed by atoms with E-state index in [9.17, 15) is 14.7 Å². The number of hydrogen-bond donors (Lipinski definition) is 3. The molecule has 1 saturated carbocycles. The molecule has 0 bridgehead atoms. The van der Waals surface area contributed by atoms with Crippen molar-refractivity contribution in [3.63, 3.8) is 0 Å². The molecular formula is C27H26N4O4. The minimum Gasteiger partial charge on any atom is -0.507 e. The number of nitrogens with one attached hydrogen (secondary N) is 2. The molecule has 3 N–H and O–H groups in total. The van der Waals surface area contributed by atoms with Crippen LogP contribution in [0.25, 0.3) is 11.3 Å². The van der Waals surface area contributed by atoms with Gasteiger partial charge < -0.3 is 20.2 Å². The number of amides is 2.